The lowest BCUT2D eigenvalue weighted by Crippen LogP contribution is -2.24. The maximum atomic E-state index is 13.0. The van der Waals surface area contributed by atoms with Gasteiger partial charge in [-0.05, 0) is 49.2 Å². The molecule has 146 valence electrons. The summed E-state index contributed by atoms with van der Waals surface area (Å²) in [6, 6.07) is 8.01. The summed E-state index contributed by atoms with van der Waals surface area (Å²) in [7, 11) is 0. The number of benzene rings is 1. The Hall–Kier alpha value is -3.10. The Morgan fingerprint density at radius 2 is 1.93 bits per heavy atom. The van der Waals surface area contributed by atoms with Crippen molar-refractivity contribution in [2.24, 2.45) is 0 Å². The molecule has 0 aliphatic heterocycles. The summed E-state index contributed by atoms with van der Waals surface area (Å²) in [6.45, 7) is 1.85. The molecule has 4 rings (SSSR count). The average Bonchev–Trinajstić information content (AvgIpc) is 3.29. The molecule has 1 aliphatic rings. The lowest BCUT2D eigenvalue weighted by molar-refractivity contribution is -0.117. The van der Waals surface area contributed by atoms with E-state index in [0.717, 1.165) is 18.5 Å². The molecule has 2 heterocycles. The van der Waals surface area contributed by atoms with E-state index in [1.807, 2.05) is 17.7 Å². The number of carbonyl (C=O) groups excluding carboxylic acids is 1. The molecule has 1 aromatic carbocycles. The maximum absolute atomic E-state index is 13.0. The Balaban J connectivity index is 1.43. The first-order valence-corrected chi connectivity index (χ1v) is 9.48. The van der Waals surface area contributed by atoms with Crippen LogP contribution < -0.4 is 5.32 Å². The van der Waals surface area contributed by atoms with Gasteiger partial charge in [-0.2, -0.15) is 9.90 Å². The van der Waals surface area contributed by atoms with E-state index in [2.05, 4.69) is 25.8 Å². The number of hydrogen-bond acceptors (Lipinski definition) is 5. The predicted molar refractivity (Wildman–Crippen MR) is 101 cm³/mol. The van der Waals surface area contributed by atoms with Crippen LogP contribution in [0, 0.1) is 12.7 Å². The normalized spacial score (nSPS) is 14.9. The van der Waals surface area contributed by atoms with Crippen LogP contribution in [0.2, 0.25) is 0 Å². The monoisotopic (exact) mass is 383 g/mol. The first-order valence-electron chi connectivity index (χ1n) is 9.48. The van der Waals surface area contributed by atoms with Crippen molar-refractivity contribution in [2.45, 2.75) is 51.6 Å². The van der Waals surface area contributed by atoms with Gasteiger partial charge in [0.2, 0.25) is 11.7 Å². The summed E-state index contributed by atoms with van der Waals surface area (Å²) in [5, 5.41) is 19.5. The van der Waals surface area contributed by atoms with Gasteiger partial charge in [0.15, 0.2) is 0 Å². The van der Waals surface area contributed by atoms with Crippen LogP contribution in [0.5, 0.6) is 0 Å². The zero-order valence-corrected chi connectivity index (χ0v) is 15.7. The average molecular weight is 383 g/mol. The van der Waals surface area contributed by atoms with E-state index in [1.165, 1.54) is 36.2 Å². The molecule has 0 saturated heterocycles. The van der Waals surface area contributed by atoms with Crippen molar-refractivity contribution < 1.29 is 9.18 Å². The van der Waals surface area contributed by atoms with Crippen LogP contribution in [0.3, 0.4) is 0 Å². The van der Waals surface area contributed by atoms with Gasteiger partial charge in [0.1, 0.15) is 18.2 Å². The number of rotatable bonds is 5. The molecule has 1 saturated carbocycles. The molecule has 1 aliphatic carbocycles. The third-order valence-electron chi connectivity index (χ3n) is 4.89. The molecule has 3 aromatic rings. The van der Waals surface area contributed by atoms with Crippen LogP contribution in [-0.2, 0) is 11.3 Å². The topological polar surface area (TPSA) is 90.5 Å². The Kier molecular flexibility index (Phi) is 5.14. The van der Waals surface area contributed by atoms with Crippen molar-refractivity contribution >= 4 is 11.7 Å². The number of nitrogens with zero attached hydrogens (tertiary/aromatic N) is 6. The molecule has 28 heavy (non-hydrogen) atoms. The standard InChI is InChI=1S/C19H22FN7O/c1-13-11-17(27(23-13)16-5-3-2-4-6-16)21-18(28)12-26-24-19(22-25-26)14-7-9-15(20)10-8-14/h7-11,16H,2-6,12H2,1H3,(H,21,28). The highest BCUT2D eigenvalue weighted by Gasteiger charge is 2.20. The van der Waals surface area contributed by atoms with Gasteiger partial charge in [0, 0.05) is 11.6 Å². The Labute approximate surface area is 161 Å². The SMILES string of the molecule is Cc1cc(NC(=O)Cn2nnc(-c3ccc(F)cc3)n2)n(C2CCCCC2)n1. The molecule has 0 radical (unpaired) electrons. The van der Waals surface area contributed by atoms with Gasteiger partial charge in [-0.1, -0.05) is 19.3 Å². The Morgan fingerprint density at radius 3 is 2.68 bits per heavy atom. The van der Waals surface area contributed by atoms with Gasteiger partial charge in [-0.3, -0.25) is 4.79 Å². The lowest BCUT2D eigenvalue weighted by Gasteiger charge is -2.23. The van der Waals surface area contributed by atoms with Gasteiger partial charge < -0.3 is 5.32 Å². The number of halogens is 1. The van der Waals surface area contributed by atoms with E-state index in [9.17, 15) is 9.18 Å². The van der Waals surface area contributed by atoms with Gasteiger partial charge >= 0.3 is 0 Å². The quantitative estimate of drug-likeness (QED) is 0.731. The summed E-state index contributed by atoms with van der Waals surface area (Å²) < 4.78 is 15.0. The first-order chi connectivity index (χ1) is 13.6. The van der Waals surface area contributed by atoms with Crippen LogP contribution in [0.1, 0.15) is 43.8 Å². The van der Waals surface area contributed by atoms with Crippen LogP contribution in [-0.4, -0.2) is 35.9 Å². The molecule has 1 fully saturated rings. The number of carbonyl (C=O) groups is 1. The van der Waals surface area contributed by atoms with Crippen LogP contribution in [0.15, 0.2) is 30.3 Å². The Bertz CT molecular complexity index is 957. The molecule has 1 N–H and O–H groups in total. The zero-order valence-electron chi connectivity index (χ0n) is 15.7. The van der Waals surface area contributed by atoms with Crippen LogP contribution in [0.25, 0.3) is 11.4 Å². The minimum absolute atomic E-state index is 0.0664. The minimum atomic E-state index is -0.333. The number of anilines is 1. The predicted octanol–water partition coefficient (Wildman–Crippen LogP) is 3.13. The number of aryl methyl sites for hydroxylation is 1. The third-order valence-corrected chi connectivity index (χ3v) is 4.89. The van der Waals surface area contributed by atoms with E-state index in [-0.39, 0.29) is 18.3 Å². The molecule has 8 nitrogen and oxygen atoms in total. The zero-order chi connectivity index (χ0) is 19.5. The van der Waals surface area contributed by atoms with Crippen molar-refractivity contribution in [2.75, 3.05) is 5.32 Å². The smallest absolute Gasteiger partial charge is 0.249 e. The second-order valence-electron chi connectivity index (χ2n) is 7.11. The number of amides is 1. The first kappa shape index (κ1) is 18.3. The van der Waals surface area contributed by atoms with Gasteiger partial charge in [0.05, 0.1) is 11.7 Å². The molecular weight excluding hydrogens is 361 g/mol. The second-order valence-corrected chi connectivity index (χ2v) is 7.11. The fraction of sp³-hybridized carbons (Fsp3) is 0.421. The largest absolute Gasteiger partial charge is 0.309 e. The van der Waals surface area contributed by atoms with Gasteiger partial charge in [-0.15, -0.1) is 10.2 Å². The van der Waals surface area contributed by atoms with E-state index in [4.69, 9.17) is 0 Å². The van der Waals surface area contributed by atoms with Crippen molar-refractivity contribution in [1.29, 1.82) is 0 Å². The highest BCUT2D eigenvalue weighted by atomic mass is 19.1. The second kappa shape index (κ2) is 7.87. The lowest BCUT2D eigenvalue weighted by atomic mass is 9.96. The van der Waals surface area contributed by atoms with E-state index >= 15 is 0 Å². The number of hydrogen-bond donors (Lipinski definition) is 1. The molecule has 0 spiro atoms. The summed E-state index contributed by atoms with van der Waals surface area (Å²) in [5.74, 6) is 0.463. The highest BCUT2D eigenvalue weighted by Crippen LogP contribution is 2.30. The third kappa shape index (κ3) is 4.08. The number of nitrogens with one attached hydrogen (secondary N) is 1. The van der Waals surface area contributed by atoms with E-state index in [0.29, 0.717) is 23.2 Å². The maximum Gasteiger partial charge on any atom is 0.249 e. The fourth-order valence-electron chi connectivity index (χ4n) is 3.55. The molecule has 1 amide bonds. The summed E-state index contributed by atoms with van der Waals surface area (Å²) >= 11 is 0. The molecule has 2 aromatic heterocycles. The number of aromatic nitrogens is 6. The summed E-state index contributed by atoms with van der Waals surface area (Å²) in [4.78, 5) is 13.7. The molecule has 0 atom stereocenters. The Morgan fingerprint density at radius 1 is 1.18 bits per heavy atom. The summed E-state index contributed by atoms with van der Waals surface area (Å²) in [5.41, 5.74) is 1.51. The van der Waals surface area contributed by atoms with Gasteiger partial charge in [-0.25, -0.2) is 9.07 Å². The number of tetrazole rings is 1. The van der Waals surface area contributed by atoms with Crippen molar-refractivity contribution in [3.8, 4) is 11.4 Å². The molecule has 0 bridgehead atoms. The van der Waals surface area contributed by atoms with Crippen LogP contribution >= 0.6 is 0 Å². The minimum Gasteiger partial charge on any atom is -0.309 e. The highest BCUT2D eigenvalue weighted by molar-refractivity contribution is 5.89. The van der Waals surface area contributed by atoms with Gasteiger partial charge in [0.25, 0.3) is 0 Å². The van der Waals surface area contributed by atoms with Crippen molar-refractivity contribution in [1.82, 2.24) is 30.0 Å². The van der Waals surface area contributed by atoms with Crippen molar-refractivity contribution in [3.05, 3.63) is 41.8 Å². The van der Waals surface area contributed by atoms with Crippen LogP contribution in [0.4, 0.5) is 10.2 Å². The van der Waals surface area contributed by atoms with E-state index in [1.54, 1.807) is 12.1 Å². The molecule has 9 heteroatoms. The summed E-state index contributed by atoms with van der Waals surface area (Å²) in [6.07, 6.45) is 5.79. The molecule has 0 unspecified atom stereocenters. The fourth-order valence-corrected chi connectivity index (χ4v) is 3.55. The van der Waals surface area contributed by atoms with Crippen molar-refractivity contribution in [3.63, 3.8) is 0 Å². The molecular formula is C19H22FN7O. The van der Waals surface area contributed by atoms with E-state index < -0.39 is 0 Å².